The highest BCUT2D eigenvalue weighted by molar-refractivity contribution is 6.03. The fraction of sp³-hybridized carbons (Fsp3) is 0.312. The second-order valence-corrected chi connectivity index (χ2v) is 5.39. The molecule has 0 unspecified atom stereocenters. The minimum Gasteiger partial charge on any atom is -0.294 e. The number of rotatable bonds is 4. The van der Waals surface area contributed by atoms with Crippen molar-refractivity contribution in [3.05, 3.63) is 45.6 Å². The van der Waals surface area contributed by atoms with Gasteiger partial charge in [-0.25, -0.2) is 0 Å². The third-order valence-corrected chi connectivity index (χ3v) is 3.92. The van der Waals surface area contributed by atoms with Crippen LogP contribution in [-0.4, -0.2) is 20.5 Å². The zero-order chi connectivity index (χ0) is 16.4. The number of hydrogen-bond acceptors (Lipinski definition) is 5. The van der Waals surface area contributed by atoms with Crippen molar-refractivity contribution in [3.63, 3.8) is 0 Å². The predicted molar refractivity (Wildman–Crippen MR) is 81.8 cm³/mol. The van der Waals surface area contributed by atoms with E-state index in [0.29, 0.717) is 36.2 Å². The van der Waals surface area contributed by atoms with Crippen LogP contribution >= 0.6 is 0 Å². The molecule has 3 rings (SSSR count). The summed E-state index contributed by atoms with van der Waals surface area (Å²) in [6.45, 7) is 0.418. The molecule has 1 aromatic carbocycles. The number of ketones is 1. The maximum atomic E-state index is 12.3. The molecule has 116 valence electrons. The summed E-state index contributed by atoms with van der Waals surface area (Å²) in [4.78, 5) is 22.8. The van der Waals surface area contributed by atoms with Crippen LogP contribution in [0.5, 0.6) is 0 Å². The third-order valence-electron chi connectivity index (χ3n) is 3.92. The van der Waals surface area contributed by atoms with Crippen LogP contribution in [0.3, 0.4) is 0 Å². The van der Waals surface area contributed by atoms with E-state index in [1.807, 2.05) is 0 Å². The molecule has 23 heavy (non-hydrogen) atoms. The van der Waals surface area contributed by atoms with Crippen molar-refractivity contribution in [2.75, 3.05) is 0 Å². The summed E-state index contributed by atoms with van der Waals surface area (Å²) in [5, 5.41) is 24.2. The Morgan fingerprint density at radius 3 is 2.96 bits per heavy atom. The molecule has 1 aliphatic carbocycles. The lowest BCUT2D eigenvalue weighted by Gasteiger charge is -2.12. The van der Waals surface area contributed by atoms with Gasteiger partial charge in [-0.15, -0.1) is 0 Å². The highest BCUT2D eigenvalue weighted by Gasteiger charge is 2.28. The van der Waals surface area contributed by atoms with E-state index >= 15 is 0 Å². The van der Waals surface area contributed by atoms with Crippen LogP contribution in [0, 0.1) is 21.4 Å². The molecule has 7 heteroatoms. The first-order valence-electron chi connectivity index (χ1n) is 7.36. The molecule has 0 radical (unpaired) electrons. The number of non-ortho nitro benzene ring substituents is 1. The summed E-state index contributed by atoms with van der Waals surface area (Å²) in [6.07, 6.45) is 2.25. The number of benzene rings is 1. The average Bonchev–Trinajstić information content (AvgIpc) is 2.93. The third kappa shape index (κ3) is 2.71. The Labute approximate surface area is 132 Å². The van der Waals surface area contributed by atoms with Crippen LogP contribution < -0.4 is 0 Å². The van der Waals surface area contributed by atoms with Gasteiger partial charge >= 0.3 is 0 Å². The van der Waals surface area contributed by atoms with Crippen LogP contribution in [0.1, 0.15) is 35.3 Å². The highest BCUT2D eigenvalue weighted by Crippen LogP contribution is 2.32. The molecule has 0 saturated carbocycles. The van der Waals surface area contributed by atoms with Gasteiger partial charge < -0.3 is 0 Å². The molecule has 0 fully saturated rings. The van der Waals surface area contributed by atoms with E-state index in [-0.39, 0.29) is 11.5 Å². The van der Waals surface area contributed by atoms with Crippen molar-refractivity contribution in [1.82, 2.24) is 9.78 Å². The van der Waals surface area contributed by atoms with Gasteiger partial charge in [0, 0.05) is 29.8 Å². The molecule has 0 atom stereocenters. The Kier molecular flexibility index (Phi) is 3.89. The number of aryl methyl sites for hydroxylation is 1. The Morgan fingerprint density at radius 1 is 1.39 bits per heavy atom. The van der Waals surface area contributed by atoms with Crippen molar-refractivity contribution < 1.29 is 9.72 Å². The molecule has 0 aliphatic heterocycles. The molecular formula is C16H14N4O3. The van der Waals surface area contributed by atoms with E-state index in [4.69, 9.17) is 5.26 Å². The topological polar surface area (TPSA) is 102 Å². The standard InChI is InChI=1S/C16H14N4O3/c17-8-3-9-19-13-6-2-7-14(21)15(13)16(18-19)11-4-1-5-12(10-11)20(22)23/h1,4-5,10H,2-3,6-7,9H2. The molecule has 0 N–H and O–H groups in total. The minimum atomic E-state index is -0.468. The molecule has 0 saturated heterocycles. The van der Waals surface area contributed by atoms with Gasteiger partial charge in [0.15, 0.2) is 5.78 Å². The molecule has 1 heterocycles. The minimum absolute atomic E-state index is 0.0102. The van der Waals surface area contributed by atoms with Gasteiger partial charge in [0.25, 0.3) is 5.69 Å². The Balaban J connectivity index is 2.14. The highest BCUT2D eigenvalue weighted by atomic mass is 16.6. The van der Waals surface area contributed by atoms with Crippen molar-refractivity contribution in [2.24, 2.45) is 0 Å². The van der Waals surface area contributed by atoms with E-state index in [0.717, 1.165) is 18.5 Å². The molecule has 7 nitrogen and oxygen atoms in total. The number of fused-ring (bicyclic) bond motifs is 1. The summed E-state index contributed by atoms with van der Waals surface area (Å²) >= 11 is 0. The SMILES string of the molecule is N#CCCn1nc(-c2cccc([N+](=O)[O-])c2)c2c1CCCC2=O. The normalized spacial score (nSPS) is 13.4. The molecule has 1 aliphatic rings. The number of hydrogen-bond donors (Lipinski definition) is 0. The summed E-state index contributed by atoms with van der Waals surface area (Å²) in [5.74, 6) is 0.0102. The number of aromatic nitrogens is 2. The van der Waals surface area contributed by atoms with Crippen LogP contribution in [0.25, 0.3) is 11.3 Å². The number of carbonyl (C=O) groups excluding carboxylic acids is 1. The maximum absolute atomic E-state index is 12.3. The number of nitro benzene ring substituents is 1. The van der Waals surface area contributed by atoms with E-state index in [1.54, 1.807) is 16.8 Å². The lowest BCUT2D eigenvalue weighted by molar-refractivity contribution is -0.384. The summed E-state index contributed by atoms with van der Waals surface area (Å²) in [6, 6.07) is 8.21. The van der Waals surface area contributed by atoms with Gasteiger partial charge in [-0.3, -0.25) is 19.6 Å². The average molecular weight is 310 g/mol. The first-order valence-corrected chi connectivity index (χ1v) is 7.36. The lowest BCUT2D eigenvalue weighted by Crippen LogP contribution is -2.14. The molecule has 0 spiro atoms. The van der Waals surface area contributed by atoms with Crippen LogP contribution in [0.4, 0.5) is 5.69 Å². The van der Waals surface area contributed by atoms with Gasteiger partial charge in [-0.05, 0) is 12.8 Å². The quantitative estimate of drug-likeness (QED) is 0.638. The fourth-order valence-electron chi connectivity index (χ4n) is 2.89. The number of Topliss-reactive ketones (excluding diaryl/α,β-unsaturated/α-hetero) is 1. The molecule has 1 aromatic heterocycles. The number of nitriles is 1. The molecular weight excluding hydrogens is 296 g/mol. The monoisotopic (exact) mass is 310 g/mol. The largest absolute Gasteiger partial charge is 0.294 e. The number of carbonyl (C=O) groups is 1. The lowest BCUT2D eigenvalue weighted by atomic mass is 9.92. The van der Waals surface area contributed by atoms with E-state index in [9.17, 15) is 14.9 Å². The zero-order valence-corrected chi connectivity index (χ0v) is 12.4. The van der Waals surface area contributed by atoms with Gasteiger partial charge in [0.05, 0.1) is 29.5 Å². The van der Waals surface area contributed by atoms with Crippen molar-refractivity contribution in [3.8, 4) is 17.3 Å². The second-order valence-electron chi connectivity index (χ2n) is 5.39. The number of nitrogens with zero attached hydrogens (tertiary/aromatic N) is 4. The fourth-order valence-corrected chi connectivity index (χ4v) is 2.89. The zero-order valence-electron chi connectivity index (χ0n) is 12.4. The van der Waals surface area contributed by atoms with E-state index < -0.39 is 4.92 Å². The van der Waals surface area contributed by atoms with Gasteiger partial charge in [0.1, 0.15) is 5.69 Å². The van der Waals surface area contributed by atoms with Crippen LogP contribution in [0.15, 0.2) is 24.3 Å². The summed E-state index contributed by atoms with van der Waals surface area (Å²) in [7, 11) is 0. The molecule has 0 amide bonds. The predicted octanol–water partition coefficient (Wildman–Crippen LogP) is 2.89. The summed E-state index contributed by atoms with van der Waals surface area (Å²) < 4.78 is 1.70. The van der Waals surface area contributed by atoms with E-state index in [1.165, 1.54) is 12.1 Å². The van der Waals surface area contributed by atoms with Crippen LogP contribution in [-0.2, 0) is 13.0 Å². The van der Waals surface area contributed by atoms with Gasteiger partial charge in [-0.1, -0.05) is 12.1 Å². The summed E-state index contributed by atoms with van der Waals surface area (Å²) in [5.41, 5.74) is 2.38. The van der Waals surface area contributed by atoms with Gasteiger partial charge in [-0.2, -0.15) is 10.4 Å². The Morgan fingerprint density at radius 2 is 2.22 bits per heavy atom. The van der Waals surface area contributed by atoms with Crippen molar-refractivity contribution in [2.45, 2.75) is 32.2 Å². The maximum Gasteiger partial charge on any atom is 0.270 e. The van der Waals surface area contributed by atoms with Gasteiger partial charge in [0.2, 0.25) is 0 Å². The van der Waals surface area contributed by atoms with Crippen LogP contribution in [0.2, 0.25) is 0 Å². The van der Waals surface area contributed by atoms with Crippen molar-refractivity contribution >= 4 is 11.5 Å². The first-order chi connectivity index (χ1) is 11.1. The Bertz CT molecular complexity index is 832. The second kappa shape index (κ2) is 6.01. The molecule has 0 bridgehead atoms. The number of nitro groups is 1. The smallest absolute Gasteiger partial charge is 0.270 e. The first kappa shape index (κ1) is 14.9. The Hall–Kier alpha value is -3.01. The van der Waals surface area contributed by atoms with E-state index in [2.05, 4.69) is 11.2 Å². The van der Waals surface area contributed by atoms with Crippen molar-refractivity contribution in [1.29, 1.82) is 5.26 Å². The molecule has 2 aromatic rings.